The lowest BCUT2D eigenvalue weighted by Crippen LogP contribution is -2.03. The van der Waals surface area contributed by atoms with Crippen molar-refractivity contribution in [1.29, 1.82) is 0 Å². The van der Waals surface area contributed by atoms with Crippen LogP contribution >= 0.6 is 0 Å². The van der Waals surface area contributed by atoms with Gasteiger partial charge in [-0.15, -0.1) is 0 Å². The highest BCUT2D eigenvalue weighted by Gasteiger charge is 2.18. The van der Waals surface area contributed by atoms with Gasteiger partial charge in [0.15, 0.2) is 11.5 Å². The number of para-hydroxylation sites is 2. The first-order valence-electron chi connectivity index (χ1n) is 10.1. The predicted octanol–water partition coefficient (Wildman–Crippen LogP) is 6.60. The molecule has 0 radical (unpaired) electrons. The summed E-state index contributed by atoms with van der Waals surface area (Å²) in [5.74, 6) is 1.38. The van der Waals surface area contributed by atoms with Crippen LogP contribution in [-0.4, -0.2) is 18.6 Å². The van der Waals surface area contributed by atoms with E-state index in [-0.39, 0.29) is 0 Å². The topological polar surface area (TPSA) is 46.9 Å². The van der Waals surface area contributed by atoms with Crippen LogP contribution in [0.5, 0.6) is 11.5 Å². The number of methoxy groups -OCH3 is 2. The molecule has 2 N–H and O–H groups in total. The number of anilines is 4. The van der Waals surface area contributed by atoms with Crippen molar-refractivity contribution in [1.82, 2.24) is 4.40 Å². The zero-order chi connectivity index (χ0) is 21.2. The Morgan fingerprint density at radius 1 is 0.613 bits per heavy atom. The molecule has 0 amide bonds. The Kier molecular flexibility index (Phi) is 4.84. The Morgan fingerprint density at radius 3 is 1.81 bits per heavy atom. The fourth-order valence-corrected chi connectivity index (χ4v) is 3.91. The van der Waals surface area contributed by atoms with Crippen molar-refractivity contribution in [2.24, 2.45) is 0 Å². The summed E-state index contributed by atoms with van der Waals surface area (Å²) in [6.45, 7) is 0. The van der Waals surface area contributed by atoms with Crippen molar-refractivity contribution in [3.05, 3.63) is 91.1 Å². The first-order chi connectivity index (χ1) is 15.3. The molecule has 0 aliphatic heterocycles. The molecule has 5 heteroatoms. The summed E-state index contributed by atoms with van der Waals surface area (Å²) in [5, 5.41) is 8.28. The summed E-state index contributed by atoms with van der Waals surface area (Å²) in [5.41, 5.74) is 6.06. The first kappa shape index (κ1) is 18.9. The van der Waals surface area contributed by atoms with Crippen molar-refractivity contribution in [3.63, 3.8) is 0 Å². The zero-order valence-electron chi connectivity index (χ0n) is 17.4. The van der Waals surface area contributed by atoms with E-state index in [2.05, 4.69) is 51.6 Å². The predicted molar refractivity (Wildman–Crippen MR) is 127 cm³/mol. The largest absolute Gasteiger partial charge is 0.493 e. The number of aromatic nitrogens is 1. The van der Waals surface area contributed by atoms with E-state index in [1.807, 2.05) is 54.6 Å². The Bertz CT molecular complexity index is 1350. The number of hydrogen-bond acceptors (Lipinski definition) is 4. The van der Waals surface area contributed by atoms with Gasteiger partial charge in [0.05, 0.1) is 36.6 Å². The van der Waals surface area contributed by atoms with Gasteiger partial charge < -0.3 is 24.5 Å². The Labute approximate surface area is 180 Å². The van der Waals surface area contributed by atoms with Gasteiger partial charge in [-0.2, -0.15) is 0 Å². The summed E-state index contributed by atoms with van der Waals surface area (Å²) in [4.78, 5) is 0. The summed E-state index contributed by atoms with van der Waals surface area (Å²) < 4.78 is 13.4. The maximum absolute atomic E-state index is 5.62. The molecule has 31 heavy (non-hydrogen) atoms. The number of ether oxygens (including phenoxy) is 2. The number of hydrogen-bond donors (Lipinski definition) is 2. The van der Waals surface area contributed by atoms with E-state index in [4.69, 9.17) is 9.47 Å². The Hall–Kier alpha value is -4.12. The summed E-state index contributed by atoms with van der Waals surface area (Å²) in [6, 6.07) is 28.5. The van der Waals surface area contributed by atoms with Gasteiger partial charge >= 0.3 is 0 Å². The molecular weight excluding hydrogens is 386 g/mol. The molecule has 5 aromatic rings. The number of fused-ring (bicyclic) bond motifs is 3. The van der Waals surface area contributed by atoms with E-state index >= 15 is 0 Å². The lowest BCUT2D eigenvalue weighted by molar-refractivity contribution is 0.356. The summed E-state index contributed by atoms with van der Waals surface area (Å²) in [7, 11) is 3.32. The molecular formula is C26H23N3O2. The molecule has 154 valence electrons. The van der Waals surface area contributed by atoms with Crippen molar-refractivity contribution in [2.75, 3.05) is 24.9 Å². The quantitative estimate of drug-likeness (QED) is 0.332. The zero-order valence-corrected chi connectivity index (χ0v) is 17.4. The van der Waals surface area contributed by atoms with Gasteiger partial charge in [0.2, 0.25) is 0 Å². The van der Waals surface area contributed by atoms with Gasteiger partial charge in [-0.05, 0) is 42.5 Å². The van der Waals surface area contributed by atoms with Crippen LogP contribution < -0.4 is 20.1 Å². The Balaban J connectivity index is 1.83. The number of rotatable bonds is 6. The van der Waals surface area contributed by atoms with Crippen molar-refractivity contribution in [2.45, 2.75) is 0 Å². The number of nitrogens with zero attached hydrogens (tertiary/aromatic N) is 1. The van der Waals surface area contributed by atoms with E-state index in [1.54, 1.807) is 14.2 Å². The molecule has 2 heterocycles. The monoisotopic (exact) mass is 409 g/mol. The molecule has 5 rings (SSSR count). The highest BCUT2D eigenvalue weighted by Crippen LogP contribution is 2.43. The van der Waals surface area contributed by atoms with Crippen molar-refractivity contribution in [3.8, 4) is 11.5 Å². The minimum atomic E-state index is 0.684. The molecule has 0 bridgehead atoms. The second-order valence-corrected chi connectivity index (χ2v) is 7.22. The highest BCUT2D eigenvalue weighted by molar-refractivity contribution is 6.08. The molecule has 0 saturated carbocycles. The third-order valence-electron chi connectivity index (χ3n) is 5.37. The van der Waals surface area contributed by atoms with Gasteiger partial charge in [-0.25, -0.2) is 0 Å². The molecule has 0 unspecified atom stereocenters. The van der Waals surface area contributed by atoms with E-state index in [1.165, 1.54) is 0 Å². The van der Waals surface area contributed by atoms with Gasteiger partial charge in [0.1, 0.15) is 0 Å². The maximum Gasteiger partial charge on any atom is 0.162 e. The minimum absolute atomic E-state index is 0.684. The smallest absolute Gasteiger partial charge is 0.162 e. The van der Waals surface area contributed by atoms with Crippen LogP contribution in [0.2, 0.25) is 0 Å². The van der Waals surface area contributed by atoms with E-state index in [0.717, 1.165) is 39.2 Å². The normalized spacial score (nSPS) is 10.9. The minimum Gasteiger partial charge on any atom is -0.493 e. The molecule has 0 aliphatic carbocycles. The fourth-order valence-electron chi connectivity index (χ4n) is 3.91. The van der Waals surface area contributed by atoms with Crippen LogP contribution in [0.4, 0.5) is 22.7 Å². The third-order valence-corrected chi connectivity index (χ3v) is 5.37. The molecule has 0 atom stereocenters. The summed E-state index contributed by atoms with van der Waals surface area (Å²) in [6.07, 6.45) is 2.06. The molecule has 3 aromatic carbocycles. The molecule has 0 spiro atoms. The lowest BCUT2D eigenvalue weighted by Gasteiger charge is -2.21. The van der Waals surface area contributed by atoms with E-state index in [0.29, 0.717) is 11.5 Å². The molecule has 0 saturated heterocycles. The fraction of sp³-hybridized carbons (Fsp3) is 0.0769. The van der Waals surface area contributed by atoms with Crippen LogP contribution in [0.25, 0.3) is 16.4 Å². The van der Waals surface area contributed by atoms with Gasteiger partial charge in [0, 0.05) is 29.0 Å². The van der Waals surface area contributed by atoms with Gasteiger partial charge in [-0.1, -0.05) is 36.4 Å². The molecule has 0 fully saturated rings. The van der Waals surface area contributed by atoms with Gasteiger partial charge in [0.25, 0.3) is 0 Å². The van der Waals surface area contributed by atoms with Crippen molar-refractivity contribution < 1.29 is 9.47 Å². The average molecular weight is 409 g/mol. The Morgan fingerprint density at radius 2 is 1.19 bits per heavy atom. The molecule has 5 nitrogen and oxygen atoms in total. The van der Waals surface area contributed by atoms with Gasteiger partial charge in [-0.3, -0.25) is 0 Å². The second kappa shape index (κ2) is 7.95. The number of pyridine rings is 1. The number of benzene rings is 3. The maximum atomic E-state index is 5.62. The highest BCUT2D eigenvalue weighted by atomic mass is 16.5. The third kappa shape index (κ3) is 3.40. The van der Waals surface area contributed by atoms with Crippen LogP contribution in [0.1, 0.15) is 0 Å². The van der Waals surface area contributed by atoms with Crippen LogP contribution in [0.3, 0.4) is 0 Å². The SMILES string of the molecule is COc1cc2c(Nc3ccccc3)c(Nc3ccccc3)c3cccn3c2cc1OC. The molecule has 0 aliphatic rings. The average Bonchev–Trinajstić information content (AvgIpc) is 3.31. The van der Waals surface area contributed by atoms with Crippen LogP contribution in [-0.2, 0) is 0 Å². The van der Waals surface area contributed by atoms with Crippen LogP contribution in [0, 0.1) is 0 Å². The van der Waals surface area contributed by atoms with Crippen LogP contribution in [0.15, 0.2) is 91.1 Å². The van der Waals surface area contributed by atoms with Crippen molar-refractivity contribution >= 4 is 39.2 Å². The second-order valence-electron chi connectivity index (χ2n) is 7.22. The standard InChI is InChI=1S/C26H23N3O2/c1-30-23-16-20-22(17-24(23)31-2)29-15-9-14-21(29)26(28-19-12-7-4-8-13-19)25(20)27-18-10-5-3-6-11-18/h3-17,27-28H,1-2H3. The number of nitrogens with one attached hydrogen (secondary N) is 2. The molecule has 2 aromatic heterocycles. The van der Waals surface area contributed by atoms with E-state index in [9.17, 15) is 0 Å². The first-order valence-corrected chi connectivity index (χ1v) is 10.1. The van der Waals surface area contributed by atoms with E-state index < -0.39 is 0 Å². The summed E-state index contributed by atoms with van der Waals surface area (Å²) >= 11 is 0. The lowest BCUT2D eigenvalue weighted by atomic mass is 10.1.